The smallest absolute Gasteiger partial charge is 0.242 e. The molecule has 0 aliphatic carbocycles. The first kappa shape index (κ1) is 21.5. The molecule has 1 aromatic heterocycles. The minimum atomic E-state index is -0.677. The number of hydrogen-bond acceptors (Lipinski definition) is 6. The first-order valence-electron chi connectivity index (χ1n) is 8.43. The zero-order valence-electron chi connectivity index (χ0n) is 15.6. The fourth-order valence-corrected chi connectivity index (χ4v) is 4.26. The Morgan fingerprint density at radius 3 is 2.59 bits per heavy atom. The second-order valence-corrected chi connectivity index (χ2v) is 7.15. The van der Waals surface area contributed by atoms with E-state index < -0.39 is 6.04 Å². The van der Waals surface area contributed by atoms with E-state index in [4.69, 9.17) is 19.9 Å². The van der Waals surface area contributed by atoms with Crippen molar-refractivity contribution in [3.63, 3.8) is 0 Å². The van der Waals surface area contributed by atoms with Gasteiger partial charge in [-0.3, -0.25) is 4.79 Å². The molecule has 1 aromatic carbocycles. The number of rotatable bonds is 6. The van der Waals surface area contributed by atoms with Crippen LogP contribution in [0.25, 0.3) is 0 Å². The Hall–Kier alpha value is -1.80. The van der Waals surface area contributed by atoms with Crippen LogP contribution in [0.15, 0.2) is 29.6 Å². The van der Waals surface area contributed by atoms with Crippen molar-refractivity contribution in [1.82, 2.24) is 4.90 Å². The number of benzene rings is 1. The Bertz CT molecular complexity index is 769. The number of thiophene rings is 1. The lowest BCUT2D eigenvalue weighted by Crippen LogP contribution is -2.49. The minimum absolute atomic E-state index is 0. The van der Waals surface area contributed by atoms with E-state index in [9.17, 15) is 4.79 Å². The van der Waals surface area contributed by atoms with Crippen molar-refractivity contribution < 1.29 is 19.0 Å². The standard InChI is InChI=1S/C19H24N2O4S.ClH/c1-23-11-14(20)19(22)21-7-6-12-9-15(24-2)16(25-3)10-13(12)18(21)17-5-4-8-26-17;/h4-5,8-10,14,18H,6-7,11,20H2,1-3H3;1H. The molecule has 1 aliphatic rings. The van der Waals surface area contributed by atoms with E-state index in [1.807, 2.05) is 34.5 Å². The van der Waals surface area contributed by atoms with Crippen molar-refractivity contribution in [2.24, 2.45) is 5.73 Å². The molecule has 6 nitrogen and oxygen atoms in total. The topological polar surface area (TPSA) is 74.0 Å². The molecular weight excluding hydrogens is 388 g/mol. The summed E-state index contributed by atoms with van der Waals surface area (Å²) in [6.45, 7) is 0.798. The van der Waals surface area contributed by atoms with Crippen LogP contribution in [0, 0.1) is 0 Å². The van der Waals surface area contributed by atoms with Crippen molar-refractivity contribution in [1.29, 1.82) is 0 Å². The van der Waals surface area contributed by atoms with Crippen LogP contribution in [0.1, 0.15) is 22.0 Å². The summed E-state index contributed by atoms with van der Waals surface area (Å²) in [5, 5.41) is 2.02. The molecule has 3 rings (SSSR count). The van der Waals surface area contributed by atoms with Gasteiger partial charge in [-0.2, -0.15) is 0 Å². The van der Waals surface area contributed by atoms with Crippen molar-refractivity contribution >= 4 is 29.7 Å². The monoisotopic (exact) mass is 412 g/mol. The van der Waals surface area contributed by atoms with Crippen molar-refractivity contribution in [2.75, 3.05) is 34.5 Å². The van der Waals surface area contributed by atoms with E-state index in [1.165, 1.54) is 0 Å². The number of carbonyl (C=O) groups excluding carboxylic acids is 1. The largest absolute Gasteiger partial charge is 0.493 e. The van der Waals surface area contributed by atoms with Crippen LogP contribution in [-0.2, 0) is 16.0 Å². The van der Waals surface area contributed by atoms with Gasteiger partial charge < -0.3 is 24.8 Å². The van der Waals surface area contributed by atoms with Gasteiger partial charge in [0.1, 0.15) is 6.04 Å². The molecule has 27 heavy (non-hydrogen) atoms. The number of methoxy groups -OCH3 is 3. The summed E-state index contributed by atoms with van der Waals surface area (Å²) < 4.78 is 16.0. The van der Waals surface area contributed by atoms with Gasteiger partial charge in [0.25, 0.3) is 0 Å². The lowest BCUT2D eigenvalue weighted by molar-refractivity contribution is -0.135. The molecule has 148 valence electrons. The number of carbonyl (C=O) groups is 1. The van der Waals surface area contributed by atoms with Gasteiger partial charge in [0.2, 0.25) is 5.91 Å². The van der Waals surface area contributed by atoms with Gasteiger partial charge in [0.05, 0.1) is 26.9 Å². The van der Waals surface area contributed by atoms with Crippen LogP contribution in [0.4, 0.5) is 0 Å². The third-order valence-corrected chi connectivity index (χ3v) is 5.56. The van der Waals surface area contributed by atoms with Crippen LogP contribution in [0.3, 0.4) is 0 Å². The highest BCUT2D eigenvalue weighted by atomic mass is 35.5. The fraction of sp³-hybridized carbons (Fsp3) is 0.421. The SMILES string of the molecule is COCC(N)C(=O)N1CCc2cc(OC)c(OC)cc2C1c1cccs1.Cl. The molecule has 0 fully saturated rings. The van der Waals surface area contributed by atoms with E-state index in [2.05, 4.69) is 0 Å². The zero-order valence-corrected chi connectivity index (χ0v) is 17.3. The second-order valence-electron chi connectivity index (χ2n) is 6.17. The number of halogens is 1. The van der Waals surface area contributed by atoms with Gasteiger partial charge in [-0.25, -0.2) is 0 Å². The Labute approximate surface area is 169 Å². The van der Waals surface area contributed by atoms with E-state index in [1.54, 1.807) is 32.7 Å². The number of ether oxygens (including phenoxy) is 3. The first-order chi connectivity index (χ1) is 12.6. The molecule has 2 aromatic rings. The summed E-state index contributed by atoms with van der Waals surface area (Å²) in [5.74, 6) is 1.25. The Balaban J connectivity index is 0.00000261. The number of fused-ring (bicyclic) bond motifs is 1. The highest BCUT2D eigenvalue weighted by Gasteiger charge is 2.35. The van der Waals surface area contributed by atoms with Gasteiger partial charge in [-0.05, 0) is 41.1 Å². The van der Waals surface area contributed by atoms with E-state index in [0.717, 1.165) is 22.4 Å². The summed E-state index contributed by atoms with van der Waals surface area (Å²) >= 11 is 1.62. The lowest BCUT2D eigenvalue weighted by Gasteiger charge is -2.38. The first-order valence-corrected chi connectivity index (χ1v) is 9.31. The quantitative estimate of drug-likeness (QED) is 0.789. The van der Waals surface area contributed by atoms with Crippen molar-refractivity contribution in [2.45, 2.75) is 18.5 Å². The fourth-order valence-electron chi connectivity index (χ4n) is 3.40. The van der Waals surface area contributed by atoms with Crippen LogP contribution >= 0.6 is 23.7 Å². The molecule has 0 bridgehead atoms. The predicted octanol–water partition coefficient (Wildman–Crippen LogP) is 2.63. The van der Waals surface area contributed by atoms with Crippen molar-refractivity contribution in [3.8, 4) is 11.5 Å². The molecule has 0 saturated heterocycles. The third kappa shape index (κ3) is 4.21. The molecule has 2 unspecified atom stereocenters. The number of amides is 1. The Morgan fingerprint density at radius 2 is 2.00 bits per heavy atom. The molecule has 0 saturated carbocycles. The van der Waals surface area contributed by atoms with Gasteiger partial charge in [0.15, 0.2) is 11.5 Å². The van der Waals surface area contributed by atoms with E-state index in [-0.39, 0.29) is 31.0 Å². The number of nitrogens with two attached hydrogens (primary N) is 1. The van der Waals surface area contributed by atoms with Crippen LogP contribution in [-0.4, -0.2) is 51.3 Å². The highest BCUT2D eigenvalue weighted by Crippen LogP contribution is 2.42. The molecule has 0 spiro atoms. The third-order valence-electron chi connectivity index (χ3n) is 4.63. The lowest BCUT2D eigenvalue weighted by atomic mass is 9.90. The number of nitrogens with zero attached hydrogens (tertiary/aromatic N) is 1. The minimum Gasteiger partial charge on any atom is -0.493 e. The number of hydrogen-bond donors (Lipinski definition) is 1. The van der Waals surface area contributed by atoms with Gasteiger partial charge >= 0.3 is 0 Å². The average Bonchev–Trinajstić information content (AvgIpc) is 3.19. The molecular formula is C19H25ClN2O4S. The van der Waals surface area contributed by atoms with Crippen LogP contribution in [0.5, 0.6) is 11.5 Å². The molecule has 8 heteroatoms. The van der Waals surface area contributed by atoms with Gasteiger partial charge in [-0.15, -0.1) is 23.7 Å². The summed E-state index contributed by atoms with van der Waals surface area (Å²) in [7, 11) is 4.79. The summed E-state index contributed by atoms with van der Waals surface area (Å²) in [5.41, 5.74) is 8.25. The Morgan fingerprint density at radius 1 is 1.30 bits per heavy atom. The predicted molar refractivity (Wildman–Crippen MR) is 108 cm³/mol. The molecule has 2 heterocycles. The van der Waals surface area contributed by atoms with Crippen molar-refractivity contribution in [3.05, 3.63) is 45.6 Å². The highest BCUT2D eigenvalue weighted by molar-refractivity contribution is 7.10. The van der Waals surface area contributed by atoms with Crippen LogP contribution in [0.2, 0.25) is 0 Å². The second kappa shape index (κ2) is 9.41. The average molecular weight is 413 g/mol. The van der Waals surface area contributed by atoms with E-state index in [0.29, 0.717) is 18.0 Å². The zero-order chi connectivity index (χ0) is 18.7. The molecule has 1 amide bonds. The Kier molecular flexibility index (Phi) is 7.49. The maximum atomic E-state index is 13.0. The summed E-state index contributed by atoms with van der Waals surface area (Å²) in [4.78, 5) is 15.9. The van der Waals surface area contributed by atoms with Gasteiger partial charge in [0, 0.05) is 18.5 Å². The maximum absolute atomic E-state index is 13.0. The molecule has 1 aliphatic heterocycles. The van der Waals surface area contributed by atoms with Gasteiger partial charge in [-0.1, -0.05) is 6.07 Å². The van der Waals surface area contributed by atoms with Crippen LogP contribution < -0.4 is 15.2 Å². The maximum Gasteiger partial charge on any atom is 0.242 e. The molecule has 2 atom stereocenters. The van der Waals surface area contributed by atoms with E-state index >= 15 is 0 Å². The summed E-state index contributed by atoms with van der Waals surface area (Å²) in [6, 6.07) is 7.15. The normalized spacial score (nSPS) is 16.9. The molecule has 0 radical (unpaired) electrons. The summed E-state index contributed by atoms with van der Waals surface area (Å²) in [6.07, 6.45) is 0.739. The molecule has 2 N–H and O–H groups in total.